The molecule has 0 aliphatic heterocycles. The van der Waals surface area contributed by atoms with Crippen LogP contribution in [0.4, 0.5) is 0 Å². The molecule has 0 aliphatic rings. The Hall–Kier alpha value is -1.87. The van der Waals surface area contributed by atoms with Gasteiger partial charge in [0.2, 0.25) is 0 Å². The summed E-state index contributed by atoms with van der Waals surface area (Å²) < 4.78 is 5.31. The van der Waals surface area contributed by atoms with Gasteiger partial charge >= 0.3 is 0 Å². The van der Waals surface area contributed by atoms with Gasteiger partial charge < -0.3 is 10.1 Å². The summed E-state index contributed by atoms with van der Waals surface area (Å²) in [5.41, 5.74) is 5.00. The molecule has 0 fully saturated rings. The lowest BCUT2D eigenvalue weighted by molar-refractivity contribution is 0.414. The minimum atomic E-state index is 0.171. The maximum atomic E-state index is 5.31. The van der Waals surface area contributed by atoms with Crippen LogP contribution >= 0.6 is 0 Å². The third kappa shape index (κ3) is 3.61. The molecule has 0 radical (unpaired) electrons. The number of pyridine rings is 1. The highest BCUT2D eigenvalue weighted by molar-refractivity contribution is 5.42. The highest BCUT2D eigenvalue weighted by Gasteiger charge is 2.17. The Labute approximate surface area is 127 Å². The summed E-state index contributed by atoms with van der Waals surface area (Å²) in [6, 6.07) is 8.49. The minimum absolute atomic E-state index is 0.171. The third-order valence-corrected chi connectivity index (χ3v) is 3.78. The van der Waals surface area contributed by atoms with Crippen molar-refractivity contribution in [2.24, 2.45) is 0 Å². The molecule has 0 saturated carbocycles. The fraction of sp³-hybridized carbons (Fsp3) is 0.389. The molecule has 1 N–H and O–H groups in total. The molecule has 2 rings (SSSR count). The molecule has 0 spiro atoms. The molecule has 2 aromatic rings. The van der Waals surface area contributed by atoms with Crippen LogP contribution in [-0.4, -0.2) is 18.6 Å². The predicted octanol–water partition coefficient (Wildman–Crippen LogP) is 3.80. The number of benzene rings is 1. The lowest BCUT2D eigenvalue weighted by Gasteiger charge is -2.23. The molecule has 21 heavy (non-hydrogen) atoms. The first-order valence-electron chi connectivity index (χ1n) is 7.45. The van der Waals surface area contributed by atoms with Crippen LogP contribution in [0.3, 0.4) is 0 Å². The zero-order valence-corrected chi connectivity index (χ0v) is 13.3. The van der Waals surface area contributed by atoms with Gasteiger partial charge in [-0.1, -0.05) is 13.0 Å². The van der Waals surface area contributed by atoms with E-state index in [1.807, 2.05) is 18.5 Å². The Morgan fingerprint density at radius 1 is 1.14 bits per heavy atom. The van der Waals surface area contributed by atoms with E-state index in [1.54, 1.807) is 7.11 Å². The molecular weight excluding hydrogens is 260 g/mol. The van der Waals surface area contributed by atoms with Gasteiger partial charge in [-0.3, -0.25) is 4.98 Å². The fourth-order valence-corrected chi connectivity index (χ4v) is 2.55. The summed E-state index contributed by atoms with van der Waals surface area (Å²) >= 11 is 0. The molecule has 0 bridgehead atoms. The van der Waals surface area contributed by atoms with Crippen molar-refractivity contribution >= 4 is 0 Å². The van der Waals surface area contributed by atoms with Gasteiger partial charge in [0.1, 0.15) is 5.75 Å². The van der Waals surface area contributed by atoms with Crippen molar-refractivity contribution in [1.82, 2.24) is 10.3 Å². The van der Waals surface area contributed by atoms with Crippen LogP contribution in [0.1, 0.15) is 41.6 Å². The first-order valence-corrected chi connectivity index (χ1v) is 7.45. The van der Waals surface area contributed by atoms with Gasteiger partial charge in [-0.15, -0.1) is 0 Å². The highest BCUT2D eigenvalue weighted by Crippen LogP contribution is 2.29. The zero-order chi connectivity index (χ0) is 15.2. The number of aryl methyl sites for hydroxylation is 2. The largest absolute Gasteiger partial charge is 0.497 e. The molecule has 112 valence electrons. The van der Waals surface area contributed by atoms with Crippen molar-refractivity contribution in [1.29, 1.82) is 0 Å². The molecule has 1 heterocycles. The van der Waals surface area contributed by atoms with Crippen LogP contribution < -0.4 is 10.1 Å². The van der Waals surface area contributed by atoms with Crippen molar-refractivity contribution in [2.45, 2.75) is 33.2 Å². The van der Waals surface area contributed by atoms with Gasteiger partial charge in [0.15, 0.2) is 0 Å². The molecule has 1 unspecified atom stereocenters. The second kappa shape index (κ2) is 7.23. The second-order valence-electron chi connectivity index (χ2n) is 5.34. The highest BCUT2D eigenvalue weighted by atomic mass is 16.5. The van der Waals surface area contributed by atoms with E-state index >= 15 is 0 Å². The van der Waals surface area contributed by atoms with E-state index in [0.717, 1.165) is 18.7 Å². The molecule has 0 amide bonds. The standard InChI is InChI=1S/C18H24N2O/c1-5-9-20-18(17-12-19-10-8-13(17)2)16-7-6-15(21-4)11-14(16)3/h6-8,10-12,18,20H,5,9H2,1-4H3. The number of aromatic nitrogens is 1. The van der Waals surface area contributed by atoms with Gasteiger partial charge in [0.25, 0.3) is 0 Å². The van der Waals surface area contributed by atoms with E-state index in [4.69, 9.17) is 4.74 Å². The molecule has 1 atom stereocenters. The second-order valence-corrected chi connectivity index (χ2v) is 5.34. The SMILES string of the molecule is CCCNC(c1ccc(OC)cc1C)c1cnccc1C. The number of rotatable bonds is 6. The lowest BCUT2D eigenvalue weighted by atomic mass is 9.93. The third-order valence-electron chi connectivity index (χ3n) is 3.78. The Bertz CT molecular complexity index is 596. The van der Waals surface area contributed by atoms with Crippen LogP contribution in [0.25, 0.3) is 0 Å². The summed E-state index contributed by atoms with van der Waals surface area (Å²) in [6.07, 6.45) is 4.91. The van der Waals surface area contributed by atoms with Crippen molar-refractivity contribution in [3.8, 4) is 5.75 Å². The van der Waals surface area contributed by atoms with Crippen LogP contribution in [0.15, 0.2) is 36.7 Å². The quantitative estimate of drug-likeness (QED) is 0.876. The van der Waals surface area contributed by atoms with Gasteiger partial charge in [-0.2, -0.15) is 0 Å². The zero-order valence-electron chi connectivity index (χ0n) is 13.3. The van der Waals surface area contributed by atoms with Crippen molar-refractivity contribution < 1.29 is 4.74 Å². The van der Waals surface area contributed by atoms with Crippen LogP contribution in [0.2, 0.25) is 0 Å². The number of methoxy groups -OCH3 is 1. The Kier molecular flexibility index (Phi) is 5.34. The van der Waals surface area contributed by atoms with Gasteiger partial charge in [0, 0.05) is 12.4 Å². The molecule has 3 nitrogen and oxygen atoms in total. The summed E-state index contributed by atoms with van der Waals surface area (Å²) in [5.74, 6) is 0.897. The summed E-state index contributed by atoms with van der Waals surface area (Å²) in [6.45, 7) is 7.42. The Morgan fingerprint density at radius 3 is 2.57 bits per heavy atom. The maximum absolute atomic E-state index is 5.31. The van der Waals surface area contributed by atoms with Gasteiger partial charge in [-0.25, -0.2) is 0 Å². The van der Waals surface area contributed by atoms with E-state index in [2.05, 4.69) is 49.3 Å². The average Bonchev–Trinajstić information content (AvgIpc) is 2.50. The summed E-state index contributed by atoms with van der Waals surface area (Å²) in [5, 5.41) is 3.64. The number of nitrogens with zero attached hydrogens (tertiary/aromatic N) is 1. The van der Waals surface area contributed by atoms with Crippen molar-refractivity contribution in [3.05, 3.63) is 58.9 Å². The molecule has 0 aliphatic carbocycles. The van der Waals surface area contributed by atoms with Crippen molar-refractivity contribution in [2.75, 3.05) is 13.7 Å². The molecule has 1 aromatic carbocycles. The van der Waals surface area contributed by atoms with Gasteiger partial charge in [-0.05, 0) is 67.3 Å². The van der Waals surface area contributed by atoms with Crippen molar-refractivity contribution in [3.63, 3.8) is 0 Å². The minimum Gasteiger partial charge on any atom is -0.497 e. The fourth-order valence-electron chi connectivity index (χ4n) is 2.55. The lowest BCUT2D eigenvalue weighted by Crippen LogP contribution is -2.24. The summed E-state index contributed by atoms with van der Waals surface area (Å²) in [7, 11) is 1.70. The van der Waals surface area contributed by atoms with E-state index in [-0.39, 0.29) is 6.04 Å². The number of hydrogen-bond donors (Lipinski definition) is 1. The average molecular weight is 284 g/mol. The molecule has 3 heteroatoms. The van der Waals surface area contributed by atoms with Crippen LogP contribution in [0, 0.1) is 13.8 Å². The van der Waals surface area contributed by atoms with E-state index in [0.29, 0.717) is 0 Å². The molecule has 0 saturated heterocycles. The monoisotopic (exact) mass is 284 g/mol. The first kappa shape index (κ1) is 15.5. The van der Waals surface area contributed by atoms with Crippen LogP contribution in [-0.2, 0) is 0 Å². The van der Waals surface area contributed by atoms with Gasteiger partial charge in [0.05, 0.1) is 13.2 Å². The Morgan fingerprint density at radius 2 is 1.95 bits per heavy atom. The molecular formula is C18H24N2O. The Balaban J connectivity index is 2.43. The van der Waals surface area contributed by atoms with E-state index in [1.165, 1.54) is 22.3 Å². The summed E-state index contributed by atoms with van der Waals surface area (Å²) in [4.78, 5) is 4.30. The smallest absolute Gasteiger partial charge is 0.119 e. The van der Waals surface area contributed by atoms with Crippen LogP contribution in [0.5, 0.6) is 5.75 Å². The van der Waals surface area contributed by atoms with E-state index in [9.17, 15) is 0 Å². The normalized spacial score (nSPS) is 12.2. The van der Waals surface area contributed by atoms with E-state index < -0.39 is 0 Å². The maximum Gasteiger partial charge on any atom is 0.119 e. The topological polar surface area (TPSA) is 34.1 Å². The number of ether oxygens (including phenoxy) is 1. The first-order chi connectivity index (χ1) is 10.2. The number of hydrogen-bond acceptors (Lipinski definition) is 3. The molecule has 1 aromatic heterocycles. The predicted molar refractivity (Wildman–Crippen MR) is 86.8 cm³/mol. The number of nitrogens with one attached hydrogen (secondary N) is 1.